The maximum atomic E-state index is 13.5. The Balaban J connectivity index is 1.33. The van der Waals surface area contributed by atoms with E-state index in [2.05, 4.69) is 104 Å². The second kappa shape index (κ2) is 66.3. The number of rotatable bonds is 67. The molecule has 19 nitrogen and oxygen atoms in total. The van der Waals surface area contributed by atoms with Crippen LogP contribution in [0, 0.1) is 0 Å². The maximum Gasteiger partial charge on any atom is 0.220 e. The first-order chi connectivity index (χ1) is 51.8. The molecular formula is C87H153NO18. The lowest BCUT2D eigenvalue weighted by Crippen LogP contribution is -2.66. The zero-order chi connectivity index (χ0) is 76.7. The third kappa shape index (κ3) is 45.3. The van der Waals surface area contributed by atoms with Gasteiger partial charge in [0.25, 0.3) is 0 Å². The maximum absolute atomic E-state index is 13.5. The molecule has 3 heterocycles. The van der Waals surface area contributed by atoms with Gasteiger partial charge in [0.1, 0.15) is 73.2 Å². The standard InChI is InChI=1S/C87H153NO18/c1-3-5-7-9-11-13-15-17-19-21-23-25-27-28-29-30-31-32-33-34-35-36-37-38-39-40-41-42-43-45-47-49-51-53-55-57-59-61-63-65-75(93)88-70(71(92)64-62-60-58-56-54-52-50-48-46-44-26-24-22-20-18-16-14-12-10-8-6-4-2)69-101-85-81(99)78(96)83(73(67-90)103-85)106-87-82(100)79(97)84(74(68-91)104-87)105-86-80(98)77(95)76(94)72(66-89)102-86/h5,7,11,13,17,19,23,25,28-29,46,48,54,56,62,64,70-74,76-87,89-92,94-100H,3-4,6,8-10,12,14-16,18,20-22,24,26-27,30-45,47,49-53,55,57-61,63,65-69H2,1-2H3,(H,88,93)/b7-5-,13-11-,19-17-,25-23-,29-28-,48-46+,56-54+,64-62+. The van der Waals surface area contributed by atoms with Crippen LogP contribution in [0.1, 0.15) is 316 Å². The van der Waals surface area contributed by atoms with Gasteiger partial charge in [0, 0.05) is 6.42 Å². The first-order valence-electron chi connectivity index (χ1n) is 42.5. The largest absolute Gasteiger partial charge is 0.394 e. The Morgan fingerprint density at radius 3 is 1.06 bits per heavy atom. The number of hydrogen-bond acceptors (Lipinski definition) is 18. The topological polar surface area (TPSA) is 307 Å². The van der Waals surface area contributed by atoms with Crippen LogP contribution < -0.4 is 5.32 Å². The van der Waals surface area contributed by atoms with Crippen molar-refractivity contribution in [1.82, 2.24) is 5.32 Å². The van der Waals surface area contributed by atoms with Gasteiger partial charge in [-0.3, -0.25) is 4.79 Å². The number of unbranched alkanes of at least 4 members (excludes halogenated alkanes) is 37. The van der Waals surface area contributed by atoms with Crippen LogP contribution in [-0.4, -0.2) is 193 Å². The Hall–Kier alpha value is -3.29. The molecule has 3 aliphatic heterocycles. The number of amides is 1. The van der Waals surface area contributed by atoms with Crippen LogP contribution in [0.2, 0.25) is 0 Å². The van der Waals surface area contributed by atoms with Crippen molar-refractivity contribution in [2.24, 2.45) is 0 Å². The molecule has 17 unspecified atom stereocenters. The van der Waals surface area contributed by atoms with Gasteiger partial charge >= 0.3 is 0 Å². The monoisotopic (exact) mass is 1500 g/mol. The summed E-state index contributed by atoms with van der Waals surface area (Å²) in [6.45, 7) is 1.62. The second-order valence-electron chi connectivity index (χ2n) is 29.9. The summed E-state index contributed by atoms with van der Waals surface area (Å²) in [5.74, 6) is -0.286. The predicted molar refractivity (Wildman–Crippen MR) is 424 cm³/mol. The molecule has 0 aromatic rings. The van der Waals surface area contributed by atoms with E-state index < -0.39 is 124 Å². The summed E-state index contributed by atoms with van der Waals surface area (Å²) in [5.41, 5.74) is 0. The minimum absolute atomic E-state index is 0.232. The molecule has 3 aliphatic rings. The third-order valence-corrected chi connectivity index (χ3v) is 20.6. The lowest BCUT2D eigenvalue weighted by Gasteiger charge is -2.48. The van der Waals surface area contributed by atoms with E-state index in [9.17, 15) is 61.0 Å². The van der Waals surface area contributed by atoms with Gasteiger partial charge < -0.3 is 89.9 Å². The molecule has 0 spiro atoms. The number of nitrogens with one attached hydrogen (secondary N) is 1. The predicted octanol–water partition coefficient (Wildman–Crippen LogP) is 15.1. The number of carbonyl (C=O) groups is 1. The van der Waals surface area contributed by atoms with E-state index in [0.717, 1.165) is 77.0 Å². The van der Waals surface area contributed by atoms with Crippen LogP contribution in [0.3, 0.4) is 0 Å². The summed E-state index contributed by atoms with van der Waals surface area (Å²) < 4.78 is 34.4. The van der Waals surface area contributed by atoms with Crippen molar-refractivity contribution in [3.63, 3.8) is 0 Å². The zero-order valence-electron chi connectivity index (χ0n) is 65.9. The van der Waals surface area contributed by atoms with Gasteiger partial charge in [-0.05, 0) is 89.9 Å². The summed E-state index contributed by atoms with van der Waals surface area (Å²) in [5, 5.41) is 121. The van der Waals surface area contributed by atoms with Gasteiger partial charge in [0.2, 0.25) is 5.91 Å². The number of allylic oxidation sites excluding steroid dienone is 15. The van der Waals surface area contributed by atoms with Crippen LogP contribution in [0.15, 0.2) is 97.2 Å². The molecule has 1 amide bonds. The van der Waals surface area contributed by atoms with Crippen molar-refractivity contribution in [1.29, 1.82) is 0 Å². The fourth-order valence-corrected chi connectivity index (χ4v) is 13.8. The molecule has 0 aromatic carbocycles. The third-order valence-electron chi connectivity index (χ3n) is 20.6. The van der Waals surface area contributed by atoms with Gasteiger partial charge in [-0.2, -0.15) is 0 Å². The lowest BCUT2D eigenvalue weighted by molar-refractivity contribution is -0.379. The van der Waals surface area contributed by atoms with E-state index in [1.54, 1.807) is 6.08 Å². The molecule has 0 saturated carbocycles. The van der Waals surface area contributed by atoms with Crippen molar-refractivity contribution < 1.29 is 89.4 Å². The first-order valence-corrected chi connectivity index (χ1v) is 42.5. The van der Waals surface area contributed by atoms with E-state index in [1.807, 2.05) is 6.08 Å². The smallest absolute Gasteiger partial charge is 0.220 e. The van der Waals surface area contributed by atoms with Gasteiger partial charge in [-0.25, -0.2) is 0 Å². The van der Waals surface area contributed by atoms with Gasteiger partial charge in [0.15, 0.2) is 18.9 Å². The average molecular weight is 1500 g/mol. The molecule has 106 heavy (non-hydrogen) atoms. The van der Waals surface area contributed by atoms with E-state index in [4.69, 9.17) is 28.4 Å². The fraction of sp³-hybridized carbons (Fsp3) is 0.805. The Morgan fingerprint density at radius 2 is 0.660 bits per heavy atom. The normalized spacial score (nSPS) is 26.1. The van der Waals surface area contributed by atoms with Crippen LogP contribution >= 0.6 is 0 Å². The molecule has 0 bridgehead atoms. The van der Waals surface area contributed by atoms with Crippen LogP contribution in [0.25, 0.3) is 0 Å². The number of ether oxygens (including phenoxy) is 6. The Labute approximate surface area is 641 Å². The van der Waals surface area contributed by atoms with E-state index in [0.29, 0.717) is 12.8 Å². The molecule has 0 radical (unpaired) electrons. The highest BCUT2D eigenvalue weighted by Gasteiger charge is 2.54. The van der Waals surface area contributed by atoms with Crippen molar-refractivity contribution in [3.05, 3.63) is 97.2 Å². The molecular weight excluding hydrogens is 1350 g/mol. The van der Waals surface area contributed by atoms with Gasteiger partial charge in [-0.15, -0.1) is 0 Å². The van der Waals surface area contributed by atoms with Crippen molar-refractivity contribution >= 4 is 5.91 Å². The molecule has 614 valence electrons. The van der Waals surface area contributed by atoms with Gasteiger partial charge in [-0.1, -0.05) is 317 Å². The fourth-order valence-electron chi connectivity index (χ4n) is 13.8. The quantitative estimate of drug-likeness (QED) is 0.0199. The Kier molecular flexibility index (Phi) is 60.6. The van der Waals surface area contributed by atoms with Gasteiger partial charge in [0.05, 0.1) is 38.6 Å². The van der Waals surface area contributed by atoms with E-state index >= 15 is 0 Å². The van der Waals surface area contributed by atoms with E-state index in [-0.39, 0.29) is 18.9 Å². The molecule has 3 fully saturated rings. The minimum Gasteiger partial charge on any atom is -0.394 e. The second-order valence-corrected chi connectivity index (χ2v) is 29.9. The number of aliphatic hydroxyl groups is 11. The highest BCUT2D eigenvalue weighted by Crippen LogP contribution is 2.33. The average Bonchev–Trinajstić information content (AvgIpc) is 0.780. The molecule has 3 rings (SSSR count). The molecule has 0 aromatic heterocycles. The van der Waals surface area contributed by atoms with E-state index in [1.165, 1.54) is 205 Å². The summed E-state index contributed by atoms with van der Waals surface area (Å²) in [6.07, 6.45) is 64.1. The lowest BCUT2D eigenvalue weighted by atomic mass is 9.96. The summed E-state index contributed by atoms with van der Waals surface area (Å²) >= 11 is 0. The zero-order valence-corrected chi connectivity index (χ0v) is 65.9. The highest BCUT2D eigenvalue weighted by molar-refractivity contribution is 5.76. The molecule has 12 N–H and O–H groups in total. The Morgan fingerprint density at radius 1 is 0.349 bits per heavy atom. The number of aliphatic hydroxyl groups excluding tert-OH is 11. The summed E-state index contributed by atoms with van der Waals surface area (Å²) in [4.78, 5) is 13.5. The highest BCUT2D eigenvalue weighted by atomic mass is 16.8. The first kappa shape index (κ1) is 96.9. The number of hydrogen-bond donors (Lipinski definition) is 12. The van der Waals surface area contributed by atoms with Crippen molar-refractivity contribution in [3.8, 4) is 0 Å². The van der Waals surface area contributed by atoms with Crippen molar-refractivity contribution in [2.75, 3.05) is 26.4 Å². The summed E-state index contributed by atoms with van der Waals surface area (Å²) in [6, 6.07) is -1.00. The molecule has 19 heteroatoms. The Bertz CT molecular complexity index is 2290. The SMILES string of the molecule is CC/C=C\C/C=C\C/C=C\C/C=C\C/C=C\CCCCCCCCCCCCCCCCCCCCCCCCCC(=O)NC(COC1OC(CO)C(OC2OC(CO)C(OC3OC(CO)C(O)C(O)C3O)C(O)C2O)C(O)C1O)C(O)/C=C/CC/C=C/CC/C=C/CCCCCCCCCCCCCC. The molecule has 17 atom stereocenters. The summed E-state index contributed by atoms with van der Waals surface area (Å²) in [7, 11) is 0. The van der Waals surface area contributed by atoms with Crippen LogP contribution in [-0.2, 0) is 33.2 Å². The van der Waals surface area contributed by atoms with Crippen molar-refractivity contribution in [2.45, 2.75) is 420 Å². The minimum atomic E-state index is -1.99. The number of carbonyl (C=O) groups excluding carboxylic acids is 1. The van der Waals surface area contributed by atoms with Crippen LogP contribution in [0.5, 0.6) is 0 Å². The molecule has 0 aliphatic carbocycles. The van der Waals surface area contributed by atoms with Crippen LogP contribution in [0.4, 0.5) is 0 Å². The molecule has 3 saturated heterocycles.